The average Bonchev–Trinajstić information content (AvgIpc) is 2.86. The van der Waals surface area contributed by atoms with Crippen molar-refractivity contribution in [2.45, 2.75) is 26.2 Å². The Hall–Kier alpha value is -1.08. The highest BCUT2D eigenvalue weighted by Gasteiger charge is 2.27. The monoisotopic (exact) mass is 290 g/mol. The van der Waals surface area contributed by atoms with E-state index in [0.29, 0.717) is 26.2 Å². The molecule has 1 N–H and O–H groups in total. The van der Waals surface area contributed by atoms with Crippen LogP contribution in [0.1, 0.15) is 26.2 Å². The summed E-state index contributed by atoms with van der Waals surface area (Å²) in [5.74, 6) is 0.133. The highest BCUT2D eigenvalue weighted by molar-refractivity contribution is 7.92. The Balaban J connectivity index is 2.29. The van der Waals surface area contributed by atoms with Gasteiger partial charge < -0.3 is 9.64 Å². The van der Waals surface area contributed by atoms with Crippen LogP contribution in [0, 0.1) is 5.92 Å². The highest BCUT2D eigenvalue weighted by atomic mass is 32.2. The maximum atomic E-state index is 11.7. The molecule has 0 bridgehead atoms. The summed E-state index contributed by atoms with van der Waals surface area (Å²) in [5.41, 5.74) is 0. The van der Waals surface area contributed by atoms with Gasteiger partial charge in [-0.1, -0.05) is 19.9 Å². The second-order valence-corrected chi connectivity index (χ2v) is 6.34. The van der Waals surface area contributed by atoms with Gasteiger partial charge in [0.05, 0.1) is 6.61 Å². The molecule has 0 radical (unpaired) electrons. The van der Waals surface area contributed by atoms with Crippen molar-refractivity contribution >= 4 is 16.1 Å². The van der Waals surface area contributed by atoms with Crippen molar-refractivity contribution in [1.82, 2.24) is 9.62 Å². The number of carbonyl (C=O) groups is 1. The first-order valence-corrected chi connectivity index (χ1v) is 8.07. The van der Waals surface area contributed by atoms with Gasteiger partial charge in [0.2, 0.25) is 10.0 Å². The van der Waals surface area contributed by atoms with E-state index >= 15 is 0 Å². The molecule has 7 heteroatoms. The minimum atomic E-state index is -3.38. The van der Waals surface area contributed by atoms with Gasteiger partial charge >= 0.3 is 6.09 Å². The molecule has 0 saturated carbocycles. The van der Waals surface area contributed by atoms with Gasteiger partial charge in [0.15, 0.2) is 0 Å². The second kappa shape index (κ2) is 7.49. The number of nitrogens with zero attached hydrogens (tertiary/aromatic N) is 1. The van der Waals surface area contributed by atoms with Crippen LogP contribution in [-0.4, -0.2) is 45.7 Å². The standard InChI is InChI=1S/C12H22N2O4S/c1-3-5-8-18-12(15)14-7-6-11(10-14)9-13-19(16,17)4-2/h4,11,13H,2-3,5-10H2,1H3/t11-/m1/s1. The third-order valence-corrected chi connectivity index (χ3v) is 4.07. The Morgan fingerprint density at radius 2 is 2.32 bits per heavy atom. The fraction of sp³-hybridized carbons (Fsp3) is 0.750. The number of rotatable bonds is 7. The molecule has 1 saturated heterocycles. The van der Waals surface area contributed by atoms with Crippen LogP contribution < -0.4 is 4.72 Å². The van der Waals surface area contributed by atoms with Crippen LogP contribution in [0.3, 0.4) is 0 Å². The summed E-state index contributed by atoms with van der Waals surface area (Å²) in [5, 5.41) is 0.888. The van der Waals surface area contributed by atoms with E-state index < -0.39 is 10.0 Å². The van der Waals surface area contributed by atoms with Gasteiger partial charge in [-0.3, -0.25) is 0 Å². The van der Waals surface area contributed by atoms with Gasteiger partial charge in [0.1, 0.15) is 0 Å². The Labute approximate surface area is 114 Å². The maximum absolute atomic E-state index is 11.7. The fourth-order valence-corrected chi connectivity index (χ4v) is 2.44. The lowest BCUT2D eigenvalue weighted by Gasteiger charge is -2.16. The van der Waals surface area contributed by atoms with E-state index in [1.807, 2.05) is 6.92 Å². The molecule has 110 valence electrons. The number of carbonyl (C=O) groups excluding carboxylic acids is 1. The first-order chi connectivity index (χ1) is 8.98. The molecule has 0 aromatic carbocycles. The molecule has 6 nitrogen and oxygen atoms in total. The van der Waals surface area contributed by atoms with E-state index in [2.05, 4.69) is 11.3 Å². The molecule has 1 aliphatic rings. The van der Waals surface area contributed by atoms with E-state index in [0.717, 1.165) is 24.7 Å². The number of ether oxygens (including phenoxy) is 1. The van der Waals surface area contributed by atoms with Gasteiger partial charge in [-0.25, -0.2) is 17.9 Å². The van der Waals surface area contributed by atoms with Gasteiger partial charge in [-0.05, 0) is 18.8 Å². The summed E-state index contributed by atoms with van der Waals surface area (Å²) >= 11 is 0. The van der Waals surface area contributed by atoms with E-state index in [-0.39, 0.29) is 12.0 Å². The molecule has 1 rings (SSSR count). The van der Waals surface area contributed by atoms with Crippen LogP contribution in [-0.2, 0) is 14.8 Å². The smallest absolute Gasteiger partial charge is 0.409 e. The molecular weight excluding hydrogens is 268 g/mol. The van der Waals surface area contributed by atoms with Crippen LogP contribution >= 0.6 is 0 Å². The van der Waals surface area contributed by atoms with Gasteiger partial charge in [-0.2, -0.15) is 0 Å². The minimum absolute atomic E-state index is 0.133. The van der Waals surface area contributed by atoms with E-state index in [1.54, 1.807) is 4.90 Å². The zero-order valence-electron chi connectivity index (χ0n) is 11.3. The molecule has 0 aromatic heterocycles. The molecule has 1 aliphatic heterocycles. The summed E-state index contributed by atoms with van der Waals surface area (Å²) < 4.78 is 30.0. The molecule has 0 aliphatic carbocycles. The third kappa shape index (κ3) is 5.61. The Kier molecular flexibility index (Phi) is 6.30. The third-order valence-electron chi connectivity index (χ3n) is 3.06. The number of unbranched alkanes of at least 4 members (excludes halogenated alkanes) is 1. The van der Waals surface area contributed by atoms with Crippen LogP contribution in [0.25, 0.3) is 0 Å². The quantitative estimate of drug-likeness (QED) is 0.717. The van der Waals surface area contributed by atoms with Crippen molar-refractivity contribution in [2.24, 2.45) is 5.92 Å². The SMILES string of the molecule is C=CS(=O)(=O)NC[C@H]1CCN(C(=O)OCCCC)C1. The van der Waals surface area contributed by atoms with Crippen molar-refractivity contribution in [1.29, 1.82) is 0 Å². The summed E-state index contributed by atoms with van der Waals surface area (Å²) in [4.78, 5) is 13.3. The summed E-state index contributed by atoms with van der Waals surface area (Å²) in [7, 11) is -3.38. The normalized spacial score (nSPS) is 19.4. The molecule has 1 amide bonds. The van der Waals surface area contributed by atoms with Gasteiger partial charge in [0, 0.05) is 25.0 Å². The van der Waals surface area contributed by atoms with E-state index in [9.17, 15) is 13.2 Å². The largest absolute Gasteiger partial charge is 0.449 e. The first-order valence-electron chi connectivity index (χ1n) is 6.52. The number of nitrogens with one attached hydrogen (secondary N) is 1. The average molecular weight is 290 g/mol. The zero-order chi connectivity index (χ0) is 14.3. The van der Waals surface area contributed by atoms with Crippen LogP contribution in [0.2, 0.25) is 0 Å². The topological polar surface area (TPSA) is 75.7 Å². The molecule has 1 atom stereocenters. The zero-order valence-corrected chi connectivity index (χ0v) is 12.1. The first kappa shape index (κ1) is 16.0. The highest BCUT2D eigenvalue weighted by Crippen LogP contribution is 2.16. The minimum Gasteiger partial charge on any atom is -0.449 e. The van der Waals surface area contributed by atoms with Gasteiger partial charge in [-0.15, -0.1) is 0 Å². The summed E-state index contributed by atoms with van der Waals surface area (Å²) in [6.07, 6.45) is 2.33. The second-order valence-electron chi connectivity index (χ2n) is 4.63. The van der Waals surface area contributed by atoms with E-state index in [4.69, 9.17) is 4.74 Å². The number of sulfonamides is 1. The number of amides is 1. The lowest BCUT2D eigenvalue weighted by molar-refractivity contribution is 0.108. The van der Waals surface area contributed by atoms with Crippen LogP contribution in [0.4, 0.5) is 4.79 Å². The predicted octanol–water partition coefficient (Wildman–Crippen LogP) is 1.31. The summed E-state index contributed by atoms with van der Waals surface area (Å²) in [6, 6.07) is 0. The Morgan fingerprint density at radius 1 is 1.58 bits per heavy atom. The van der Waals surface area contributed by atoms with Crippen molar-refractivity contribution in [3.8, 4) is 0 Å². The van der Waals surface area contributed by atoms with Crippen molar-refractivity contribution in [3.05, 3.63) is 12.0 Å². The molecule has 19 heavy (non-hydrogen) atoms. The lowest BCUT2D eigenvalue weighted by Crippen LogP contribution is -2.32. The molecule has 1 fully saturated rings. The van der Waals surface area contributed by atoms with Crippen LogP contribution in [0.5, 0.6) is 0 Å². The molecule has 1 heterocycles. The van der Waals surface area contributed by atoms with Gasteiger partial charge in [0.25, 0.3) is 0 Å². The predicted molar refractivity (Wildman–Crippen MR) is 73.1 cm³/mol. The Morgan fingerprint density at radius 3 is 2.95 bits per heavy atom. The van der Waals surface area contributed by atoms with E-state index in [1.165, 1.54) is 0 Å². The number of hydrogen-bond donors (Lipinski definition) is 1. The number of hydrogen-bond acceptors (Lipinski definition) is 4. The maximum Gasteiger partial charge on any atom is 0.409 e. The molecule has 0 spiro atoms. The van der Waals surface area contributed by atoms with Crippen molar-refractivity contribution in [2.75, 3.05) is 26.2 Å². The van der Waals surface area contributed by atoms with Crippen molar-refractivity contribution < 1.29 is 17.9 Å². The molecule has 0 unspecified atom stereocenters. The summed E-state index contributed by atoms with van der Waals surface area (Å²) in [6.45, 7) is 7.18. The molecule has 0 aromatic rings. The van der Waals surface area contributed by atoms with Crippen molar-refractivity contribution in [3.63, 3.8) is 0 Å². The fourth-order valence-electron chi connectivity index (χ4n) is 1.85. The molecular formula is C12H22N2O4S. The lowest BCUT2D eigenvalue weighted by atomic mass is 10.1. The van der Waals surface area contributed by atoms with Crippen LogP contribution in [0.15, 0.2) is 12.0 Å². The Bertz CT molecular complexity index is 408. The number of likely N-dealkylation sites (tertiary alicyclic amines) is 1.